The lowest BCUT2D eigenvalue weighted by molar-refractivity contribution is 0.242. The summed E-state index contributed by atoms with van der Waals surface area (Å²) in [6.07, 6.45) is 6.94. The van der Waals surface area contributed by atoms with E-state index in [1.807, 2.05) is 6.20 Å². The molecule has 1 atom stereocenters. The minimum Gasteiger partial charge on any atom is -0.344 e. The van der Waals surface area contributed by atoms with Crippen molar-refractivity contribution < 1.29 is 0 Å². The van der Waals surface area contributed by atoms with Crippen molar-refractivity contribution in [3.8, 4) is 0 Å². The Balaban J connectivity index is 1.57. The summed E-state index contributed by atoms with van der Waals surface area (Å²) in [5.41, 5.74) is 8.44. The van der Waals surface area contributed by atoms with Gasteiger partial charge in [-0.25, -0.2) is 0 Å². The molecule has 134 valence electrons. The summed E-state index contributed by atoms with van der Waals surface area (Å²) in [5, 5.41) is 1.50. The summed E-state index contributed by atoms with van der Waals surface area (Å²) < 4.78 is 2.61. The Labute approximate surface area is 155 Å². The molecule has 0 spiro atoms. The van der Waals surface area contributed by atoms with Crippen LogP contribution in [0, 0.1) is 13.8 Å². The van der Waals surface area contributed by atoms with E-state index in [-0.39, 0.29) is 0 Å². The van der Waals surface area contributed by atoms with Crippen molar-refractivity contribution in [2.75, 3.05) is 13.1 Å². The number of pyridine rings is 1. The van der Waals surface area contributed by atoms with Gasteiger partial charge in [-0.1, -0.05) is 17.7 Å². The van der Waals surface area contributed by atoms with Crippen molar-refractivity contribution in [3.63, 3.8) is 0 Å². The molecule has 26 heavy (non-hydrogen) atoms. The van der Waals surface area contributed by atoms with Crippen molar-refractivity contribution in [1.29, 1.82) is 0 Å². The van der Waals surface area contributed by atoms with Crippen LogP contribution in [0.2, 0.25) is 0 Å². The maximum Gasteiger partial charge on any atom is 0.0486 e. The van der Waals surface area contributed by atoms with E-state index < -0.39 is 0 Å². The van der Waals surface area contributed by atoms with Gasteiger partial charge in [0.15, 0.2) is 0 Å². The number of hydrogen-bond acceptors (Lipinski definition) is 2. The van der Waals surface area contributed by atoms with Gasteiger partial charge >= 0.3 is 0 Å². The van der Waals surface area contributed by atoms with Crippen LogP contribution in [-0.4, -0.2) is 27.5 Å². The van der Waals surface area contributed by atoms with Crippen LogP contribution >= 0.6 is 0 Å². The first kappa shape index (κ1) is 16.1. The van der Waals surface area contributed by atoms with E-state index in [1.54, 1.807) is 11.3 Å². The predicted octanol–water partition coefficient (Wildman–Crippen LogP) is 4.59. The smallest absolute Gasteiger partial charge is 0.0486 e. The van der Waals surface area contributed by atoms with E-state index in [1.165, 1.54) is 54.4 Å². The van der Waals surface area contributed by atoms with Crippen LogP contribution in [0.4, 0.5) is 0 Å². The minimum absolute atomic E-state index is 0.644. The van der Waals surface area contributed by atoms with Gasteiger partial charge in [0.2, 0.25) is 0 Å². The Morgan fingerprint density at radius 1 is 1.12 bits per heavy atom. The van der Waals surface area contributed by atoms with E-state index >= 15 is 0 Å². The third kappa shape index (κ3) is 2.57. The maximum absolute atomic E-state index is 4.47. The molecule has 3 aromatic rings. The fourth-order valence-electron chi connectivity index (χ4n) is 5.00. The van der Waals surface area contributed by atoms with Gasteiger partial charge in [-0.15, -0.1) is 0 Å². The average Bonchev–Trinajstić information content (AvgIpc) is 3.23. The Morgan fingerprint density at radius 3 is 2.88 bits per heavy atom. The summed E-state index contributed by atoms with van der Waals surface area (Å²) in [6, 6.07) is 12.0. The summed E-state index contributed by atoms with van der Waals surface area (Å²) in [7, 11) is 0. The zero-order chi connectivity index (χ0) is 17.7. The van der Waals surface area contributed by atoms with Crippen molar-refractivity contribution in [3.05, 3.63) is 64.6 Å². The van der Waals surface area contributed by atoms with Crippen LogP contribution in [0.5, 0.6) is 0 Å². The van der Waals surface area contributed by atoms with Crippen LogP contribution in [-0.2, 0) is 19.4 Å². The van der Waals surface area contributed by atoms with E-state index in [0.29, 0.717) is 6.04 Å². The molecule has 0 radical (unpaired) electrons. The highest BCUT2D eigenvalue weighted by molar-refractivity contribution is 5.87. The first-order valence-electron chi connectivity index (χ1n) is 9.98. The zero-order valence-corrected chi connectivity index (χ0v) is 15.8. The Morgan fingerprint density at radius 2 is 2.04 bits per heavy atom. The lowest BCUT2D eigenvalue weighted by Gasteiger charge is -2.31. The first-order chi connectivity index (χ1) is 12.7. The van der Waals surface area contributed by atoms with Gasteiger partial charge in [0.25, 0.3) is 0 Å². The molecule has 2 aliphatic rings. The Hall–Kier alpha value is -2.13. The second kappa shape index (κ2) is 6.24. The van der Waals surface area contributed by atoms with Crippen molar-refractivity contribution in [2.24, 2.45) is 0 Å². The van der Waals surface area contributed by atoms with E-state index in [4.69, 9.17) is 0 Å². The predicted molar refractivity (Wildman–Crippen MR) is 107 cm³/mol. The van der Waals surface area contributed by atoms with E-state index in [0.717, 1.165) is 18.7 Å². The van der Waals surface area contributed by atoms with Crippen molar-refractivity contribution in [2.45, 2.75) is 52.1 Å². The summed E-state index contributed by atoms with van der Waals surface area (Å²) in [4.78, 5) is 7.17. The highest BCUT2D eigenvalue weighted by atomic mass is 15.2. The summed E-state index contributed by atoms with van der Waals surface area (Å²) in [5.74, 6) is 0. The van der Waals surface area contributed by atoms with Crippen molar-refractivity contribution >= 4 is 10.9 Å². The summed E-state index contributed by atoms with van der Waals surface area (Å²) in [6.45, 7) is 7.81. The molecule has 1 aromatic carbocycles. The fourth-order valence-corrected chi connectivity index (χ4v) is 5.00. The zero-order valence-electron chi connectivity index (χ0n) is 15.8. The largest absolute Gasteiger partial charge is 0.344 e. The molecule has 0 N–H and O–H groups in total. The van der Waals surface area contributed by atoms with Crippen LogP contribution in [0.25, 0.3) is 10.9 Å². The number of aryl methyl sites for hydroxylation is 4. The third-order valence-electron chi connectivity index (χ3n) is 6.30. The van der Waals surface area contributed by atoms with Gasteiger partial charge in [0.05, 0.1) is 0 Å². The monoisotopic (exact) mass is 345 g/mol. The van der Waals surface area contributed by atoms with E-state index in [9.17, 15) is 0 Å². The molecule has 3 nitrogen and oxygen atoms in total. The third-order valence-corrected chi connectivity index (χ3v) is 6.30. The normalized spacial score (nSPS) is 19.7. The highest BCUT2D eigenvalue weighted by Gasteiger charge is 2.35. The first-order valence-corrected chi connectivity index (χ1v) is 9.98. The topological polar surface area (TPSA) is 21.1 Å². The maximum atomic E-state index is 4.47. The molecule has 4 heterocycles. The molecule has 0 aliphatic carbocycles. The van der Waals surface area contributed by atoms with Crippen LogP contribution in [0.1, 0.15) is 47.0 Å². The lowest BCUT2D eigenvalue weighted by atomic mass is 9.95. The molecule has 2 aromatic heterocycles. The van der Waals surface area contributed by atoms with Gasteiger partial charge in [-0.05, 0) is 69.0 Å². The molecule has 1 unspecified atom stereocenters. The molecule has 1 fully saturated rings. The number of aromatic nitrogens is 2. The van der Waals surface area contributed by atoms with Gasteiger partial charge in [0.1, 0.15) is 0 Å². The average molecular weight is 345 g/mol. The highest BCUT2D eigenvalue weighted by Crippen LogP contribution is 2.43. The molecular formula is C23H27N3. The van der Waals surface area contributed by atoms with Gasteiger partial charge in [0, 0.05) is 54.0 Å². The fraction of sp³-hybridized carbons (Fsp3) is 0.435. The summed E-state index contributed by atoms with van der Waals surface area (Å²) >= 11 is 0. The molecule has 3 heteroatoms. The molecule has 2 aliphatic heterocycles. The van der Waals surface area contributed by atoms with Crippen LogP contribution < -0.4 is 0 Å². The van der Waals surface area contributed by atoms with Gasteiger partial charge in [-0.2, -0.15) is 0 Å². The molecule has 0 amide bonds. The van der Waals surface area contributed by atoms with Crippen molar-refractivity contribution in [1.82, 2.24) is 14.5 Å². The number of rotatable bonds is 3. The standard InChI is InChI=1S/C23H27N3/c1-16-5-8-20-19(14-16)23-21-4-3-11-25(21)12-10-22(23)26(20)13-9-18-7-6-17(2)24-15-18/h5-8,14-15,21H,3-4,9-13H2,1-2H3. The number of benzene rings is 1. The SMILES string of the molecule is Cc1ccc2c(c1)c1c(n2CCc2ccc(C)nc2)CCN2CCCC12. The number of fused-ring (bicyclic) bond motifs is 5. The molecule has 1 saturated heterocycles. The second-order valence-corrected chi connectivity index (χ2v) is 8.03. The second-order valence-electron chi connectivity index (χ2n) is 8.03. The molecular weight excluding hydrogens is 318 g/mol. The lowest BCUT2D eigenvalue weighted by Crippen LogP contribution is -2.31. The Kier molecular flexibility index (Phi) is 3.86. The quantitative estimate of drug-likeness (QED) is 0.692. The number of hydrogen-bond donors (Lipinski definition) is 0. The van der Waals surface area contributed by atoms with Gasteiger partial charge in [-0.3, -0.25) is 9.88 Å². The minimum atomic E-state index is 0.644. The number of nitrogens with zero attached hydrogens (tertiary/aromatic N) is 3. The Bertz CT molecular complexity index is 952. The van der Waals surface area contributed by atoms with Gasteiger partial charge < -0.3 is 4.57 Å². The molecule has 0 saturated carbocycles. The molecule has 5 rings (SSSR count). The molecule has 0 bridgehead atoms. The van der Waals surface area contributed by atoms with E-state index in [2.05, 4.69) is 58.6 Å². The van der Waals surface area contributed by atoms with Crippen LogP contribution in [0.15, 0.2) is 36.5 Å². The van der Waals surface area contributed by atoms with Crippen LogP contribution in [0.3, 0.4) is 0 Å².